The Balaban J connectivity index is 1.84. The first kappa shape index (κ1) is 15.7. The Bertz CT molecular complexity index is 383. The number of likely N-dealkylation sites (N-methyl/N-ethyl adjacent to an activating group) is 1. The van der Waals surface area contributed by atoms with Gasteiger partial charge in [0.15, 0.2) is 0 Å². The molecule has 2 aliphatic rings. The molecule has 1 atom stereocenters. The second-order valence-corrected chi connectivity index (χ2v) is 6.50. The Labute approximate surface area is 126 Å². The van der Waals surface area contributed by atoms with Gasteiger partial charge in [0.25, 0.3) is 0 Å². The SMILES string of the molecule is CCN1CCOC(CNC(=O)C2(C(N)=S)CC(C)C2)C1. The Morgan fingerprint density at radius 1 is 1.55 bits per heavy atom. The van der Waals surface area contributed by atoms with Crippen molar-refractivity contribution in [3.05, 3.63) is 0 Å². The smallest absolute Gasteiger partial charge is 0.233 e. The van der Waals surface area contributed by atoms with Gasteiger partial charge in [0, 0.05) is 19.6 Å². The lowest BCUT2D eigenvalue weighted by atomic mass is 9.62. The average Bonchev–Trinajstić information content (AvgIpc) is 2.40. The van der Waals surface area contributed by atoms with Crippen LogP contribution in [-0.4, -0.2) is 54.7 Å². The summed E-state index contributed by atoms with van der Waals surface area (Å²) in [5, 5.41) is 2.98. The standard InChI is InChI=1S/C14H25N3O2S/c1-3-17-4-5-19-11(9-17)8-16-13(18)14(12(15)20)6-10(2)7-14/h10-11H,3-9H2,1-2H3,(H2,15,20)(H,16,18). The van der Waals surface area contributed by atoms with E-state index < -0.39 is 5.41 Å². The molecule has 1 saturated carbocycles. The van der Waals surface area contributed by atoms with Gasteiger partial charge in [0.1, 0.15) is 0 Å². The summed E-state index contributed by atoms with van der Waals surface area (Å²) in [5.74, 6) is 0.490. The van der Waals surface area contributed by atoms with E-state index in [1.165, 1.54) is 0 Å². The highest BCUT2D eigenvalue weighted by molar-refractivity contribution is 7.80. The zero-order valence-electron chi connectivity index (χ0n) is 12.4. The van der Waals surface area contributed by atoms with E-state index in [1.54, 1.807) is 0 Å². The van der Waals surface area contributed by atoms with Crippen LogP contribution in [0, 0.1) is 11.3 Å². The van der Waals surface area contributed by atoms with Gasteiger partial charge in [-0.15, -0.1) is 0 Å². The van der Waals surface area contributed by atoms with Gasteiger partial charge in [-0.25, -0.2) is 0 Å². The van der Waals surface area contributed by atoms with Gasteiger partial charge in [0.2, 0.25) is 5.91 Å². The summed E-state index contributed by atoms with van der Waals surface area (Å²) in [5.41, 5.74) is 5.16. The molecule has 1 amide bonds. The number of ether oxygens (including phenoxy) is 1. The Morgan fingerprint density at radius 2 is 2.25 bits per heavy atom. The van der Waals surface area contributed by atoms with Gasteiger partial charge in [-0.1, -0.05) is 26.1 Å². The fraction of sp³-hybridized carbons (Fsp3) is 0.857. The van der Waals surface area contributed by atoms with Crippen molar-refractivity contribution in [2.45, 2.75) is 32.8 Å². The number of morpholine rings is 1. The van der Waals surface area contributed by atoms with Crippen molar-refractivity contribution < 1.29 is 9.53 Å². The van der Waals surface area contributed by atoms with Gasteiger partial charge in [-0.3, -0.25) is 9.69 Å². The van der Waals surface area contributed by atoms with Crippen LogP contribution in [0.2, 0.25) is 0 Å². The summed E-state index contributed by atoms with van der Waals surface area (Å²) in [7, 11) is 0. The number of hydrogen-bond acceptors (Lipinski definition) is 4. The molecule has 3 N–H and O–H groups in total. The van der Waals surface area contributed by atoms with Gasteiger partial charge < -0.3 is 15.8 Å². The van der Waals surface area contributed by atoms with Crippen molar-refractivity contribution in [2.75, 3.05) is 32.8 Å². The molecule has 1 unspecified atom stereocenters. The highest BCUT2D eigenvalue weighted by Gasteiger charge is 2.50. The van der Waals surface area contributed by atoms with Crippen LogP contribution >= 0.6 is 12.2 Å². The second kappa shape index (κ2) is 6.37. The predicted molar refractivity (Wildman–Crippen MR) is 82.5 cm³/mol. The molecule has 0 aromatic carbocycles. The van der Waals surface area contributed by atoms with Gasteiger partial charge in [0.05, 0.1) is 23.1 Å². The number of thiocarbonyl (C=S) groups is 1. The maximum atomic E-state index is 12.4. The molecule has 1 aliphatic carbocycles. The van der Waals surface area contributed by atoms with E-state index in [0.29, 0.717) is 17.5 Å². The molecule has 2 fully saturated rings. The number of nitrogens with two attached hydrogens (primary N) is 1. The predicted octanol–water partition coefficient (Wildman–Crippen LogP) is 0.526. The van der Waals surface area contributed by atoms with Crippen molar-refractivity contribution in [3.8, 4) is 0 Å². The van der Waals surface area contributed by atoms with Crippen molar-refractivity contribution in [1.82, 2.24) is 10.2 Å². The van der Waals surface area contributed by atoms with Gasteiger partial charge in [-0.2, -0.15) is 0 Å². The molecule has 20 heavy (non-hydrogen) atoms. The molecule has 1 aliphatic heterocycles. The minimum Gasteiger partial charge on any atom is -0.392 e. The number of hydrogen-bond donors (Lipinski definition) is 2. The third-order valence-corrected chi connectivity index (χ3v) is 4.85. The van der Waals surface area contributed by atoms with Crippen molar-refractivity contribution in [3.63, 3.8) is 0 Å². The van der Waals surface area contributed by atoms with Crippen LogP contribution in [-0.2, 0) is 9.53 Å². The van der Waals surface area contributed by atoms with E-state index in [-0.39, 0.29) is 12.0 Å². The van der Waals surface area contributed by atoms with Gasteiger partial charge in [-0.05, 0) is 25.3 Å². The molecule has 2 rings (SSSR count). The van der Waals surface area contributed by atoms with E-state index in [0.717, 1.165) is 39.1 Å². The van der Waals surface area contributed by atoms with Gasteiger partial charge >= 0.3 is 0 Å². The molecule has 0 aromatic rings. The molecule has 0 radical (unpaired) electrons. The fourth-order valence-corrected chi connectivity index (χ4v) is 3.45. The number of nitrogens with zero attached hydrogens (tertiary/aromatic N) is 1. The van der Waals surface area contributed by atoms with Crippen molar-refractivity contribution in [2.24, 2.45) is 17.1 Å². The minimum absolute atomic E-state index is 0.0275. The highest BCUT2D eigenvalue weighted by Crippen LogP contribution is 2.45. The normalized spacial score (nSPS) is 34.3. The van der Waals surface area contributed by atoms with Crippen LogP contribution < -0.4 is 11.1 Å². The molecular formula is C14H25N3O2S. The zero-order valence-corrected chi connectivity index (χ0v) is 13.2. The van der Waals surface area contributed by atoms with E-state index in [4.69, 9.17) is 22.7 Å². The molecule has 0 aromatic heterocycles. The minimum atomic E-state index is -0.617. The van der Waals surface area contributed by atoms with Crippen LogP contribution in [0.15, 0.2) is 0 Å². The quantitative estimate of drug-likeness (QED) is 0.725. The Kier molecular flexibility index (Phi) is 4.99. The molecular weight excluding hydrogens is 274 g/mol. The number of rotatable bonds is 5. The van der Waals surface area contributed by atoms with Crippen LogP contribution in [0.25, 0.3) is 0 Å². The average molecular weight is 299 g/mol. The van der Waals surface area contributed by atoms with Crippen LogP contribution in [0.4, 0.5) is 0 Å². The van der Waals surface area contributed by atoms with Crippen LogP contribution in [0.5, 0.6) is 0 Å². The number of carbonyl (C=O) groups is 1. The first-order valence-corrected chi connectivity index (χ1v) is 7.81. The monoisotopic (exact) mass is 299 g/mol. The maximum absolute atomic E-state index is 12.4. The van der Waals surface area contributed by atoms with Crippen molar-refractivity contribution >= 4 is 23.1 Å². The second-order valence-electron chi connectivity index (χ2n) is 6.06. The molecule has 1 heterocycles. The molecule has 0 spiro atoms. The lowest BCUT2D eigenvalue weighted by molar-refractivity contribution is -0.134. The molecule has 5 nitrogen and oxygen atoms in total. The number of amides is 1. The summed E-state index contributed by atoms with van der Waals surface area (Å²) in [4.78, 5) is 15.0. The maximum Gasteiger partial charge on any atom is 0.233 e. The Morgan fingerprint density at radius 3 is 2.80 bits per heavy atom. The fourth-order valence-electron chi connectivity index (χ4n) is 3.20. The first-order chi connectivity index (χ1) is 9.48. The molecule has 1 saturated heterocycles. The van der Waals surface area contributed by atoms with E-state index in [2.05, 4.69) is 24.1 Å². The first-order valence-electron chi connectivity index (χ1n) is 7.40. The summed E-state index contributed by atoms with van der Waals surface area (Å²) >= 11 is 5.10. The van der Waals surface area contributed by atoms with Crippen molar-refractivity contribution in [1.29, 1.82) is 0 Å². The largest absolute Gasteiger partial charge is 0.392 e. The van der Waals surface area contributed by atoms with E-state index in [9.17, 15) is 4.79 Å². The third-order valence-electron chi connectivity index (χ3n) is 4.46. The summed E-state index contributed by atoms with van der Waals surface area (Å²) in [6.07, 6.45) is 1.59. The number of carbonyl (C=O) groups excluding carboxylic acids is 1. The molecule has 114 valence electrons. The Hall–Kier alpha value is -0.720. The lowest BCUT2D eigenvalue weighted by Gasteiger charge is -2.44. The summed E-state index contributed by atoms with van der Waals surface area (Å²) in [6, 6.07) is 0. The van der Waals surface area contributed by atoms with Crippen LogP contribution in [0.1, 0.15) is 26.7 Å². The molecule has 6 heteroatoms. The highest BCUT2D eigenvalue weighted by atomic mass is 32.1. The zero-order chi connectivity index (χ0) is 14.8. The summed E-state index contributed by atoms with van der Waals surface area (Å²) < 4.78 is 5.69. The lowest BCUT2D eigenvalue weighted by Crippen LogP contribution is -2.57. The molecule has 0 bridgehead atoms. The number of nitrogens with one attached hydrogen (secondary N) is 1. The summed E-state index contributed by atoms with van der Waals surface area (Å²) in [6.45, 7) is 8.37. The third kappa shape index (κ3) is 3.13. The topological polar surface area (TPSA) is 67.6 Å². The van der Waals surface area contributed by atoms with E-state index >= 15 is 0 Å². The van der Waals surface area contributed by atoms with Crippen LogP contribution in [0.3, 0.4) is 0 Å². The van der Waals surface area contributed by atoms with E-state index in [1.807, 2.05) is 0 Å².